The molecule has 0 amide bonds. The highest BCUT2D eigenvalue weighted by molar-refractivity contribution is 7.89. The van der Waals surface area contributed by atoms with Gasteiger partial charge in [-0.2, -0.15) is 4.31 Å². The summed E-state index contributed by atoms with van der Waals surface area (Å²) in [5.74, 6) is 0. The Hall–Kier alpha value is -1.28. The van der Waals surface area contributed by atoms with Gasteiger partial charge in [-0.25, -0.2) is 8.42 Å². The summed E-state index contributed by atoms with van der Waals surface area (Å²) in [7, 11) is -3.56. The van der Waals surface area contributed by atoms with Gasteiger partial charge in [0, 0.05) is 22.5 Å². The first-order valence-electron chi connectivity index (χ1n) is 6.58. The Morgan fingerprint density at radius 3 is 2.71 bits per heavy atom. The van der Waals surface area contributed by atoms with Gasteiger partial charge in [-0.1, -0.05) is 13.0 Å². The minimum absolute atomic E-state index is 0.147. The number of nitrogens with zero attached hydrogens (tertiary/aromatic N) is 2. The molecule has 0 saturated heterocycles. The topological polar surface area (TPSA) is 70.5 Å². The molecule has 0 aliphatic carbocycles. The molecular formula is C14H18N2O3S2. The first kappa shape index (κ1) is 16.1. The van der Waals surface area contributed by atoms with Crippen molar-refractivity contribution in [1.29, 1.82) is 0 Å². The van der Waals surface area contributed by atoms with E-state index in [1.54, 1.807) is 12.3 Å². The highest BCUT2D eigenvalue weighted by Gasteiger charge is 2.24. The zero-order valence-electron chi connectivity index (χ0n) is 12.0. The molecule has 0 aliphatic rings. The van der Waals surface area contributed by atoms with Crippen LogP contribution in [0.25, 0.3) is 0 Å². The number of aromatic nitrogens is 1. The van der Waals surface area contributed by atoms with Gasteiger partial charge in [-0.3, -0.25) is 4.98 Å². The molecule has 2 aromatic rings. The zero-order chi connectivity index (χ0) is 15.5. The molecule has 0 saturated carbocycles. The van der Waals surface area contributed by atoms with Gasteiger partial charge in [0.2, 0.25) is 10.0 Å². The molecule has 2 rings (SSSR count). The van der Waals surface area contributed by atoms with Crippen molar-refractivity contribution < 1.29 is 13.5 Å². The molecule has 7 heteroatoms. The largest absolute Gasteiger partial charge is 0.391 e. The number of aryl methyl sites for hydroxylation is 1. The number of sulfonamides is 1. The molecule has 0 radical (unpaired) electrons. The van der Waals surface area contributed by atoms with Crippen LogP contribution in [-0.4, -0.2) is 29.4 Å². The minimum Gasteiger partial charge on any atom is -0.391 e. The smallest absolute Gasteiger partial charge is 0.244 e. The standard InChI is InChI=1S/C14H18N2O3S2/c1-3-16(8-12-6-4-5-11(2)15-12)21(18,19)14-7-13(9-17)20-10-14/h4-7,10,17H,3,8-9H2,1-2H3. The van der Waals surface area contributed by atoms with E-state index in [1.807, 2.05) is 25.1 Å². The van der Waals surface area contributed by atoms with E-state index in [-0.39, 0.29) is 18.0 Å². The van der Waals surface area contributed by atoms with Crippen LogP contribution >= 0.6 is 11.3 Å². The Bertz CT molecular complexity index is 711. The number of hydrogen-bond donors (Lipinski definition) is 1. The summed E-state index contributed by atoms with van der Waals surface area (Å²) in [6, 6.07) is 7.08. The van der Waals surface area contributed by atoms with E-state index in [2.05, 4.69) is 4.98 Å². The number of aliphatic hydroxyl groups is 1. The molecule has 0 bridgehead atoms. The number of rotatable bonds is 6. The second-order valence-corrected chi connectivity index (χ2v) is 7.54. The summed E-state index contributed by atoms with van der Waals surface area (Å²) in [6.45, 7) is 4.13. The highest BCUT2D eigenvalue weighted by atomic mass is 32.2. The van der Waals surface area contributed by atoms with Gasteiger partial charge in [0.1, 0.15) is 0 Å². The van der Waals surface area contributed by atoms with Gasteiger partial charge in [-0.15, -0.1) is 11.3 Å². The van der Waals surface area contributed by atoms with Gasteiger partial charge in [0.15, 0.2) is 0 Å². The lowest BCUT2D eigenvalue weighted by molar-refractivity contribution is 0.285. The summed E-state index contributed by atoms with van der Waals surface area (Å²) in [6.07, 6.45) is 0. The van der Waals surface area contributed by atoms with Crippen molar-refractivity contribution in [1.82, 2.24) is 9.29 Å². The molecular weight excluding hydrogens is 308 g/mol. The van der Waals surface area contributed by atoms with E-state index in [9.17, 15) is 8.42 Å². The molecule has 1 N–H and O–H groups in total. The van der Waals surface area contributed by atoms with Gasteiger partial charge in [-0.05, 0) is 25.1 Å². The van der Waals surface area contributed by atoms with Crippen LogP contribution in [0.4, 0.5) is 0 Å². The maximum atomic E-state index is 12.6. The van der Waals surface area contributed by atoms with Crippen molar-refractivity contribution in [2.75, 3.05) is 6.54 Å². The van der Waals surface area contributed by atoms with E-state index in [1.165, 1.54) is 21.7 Å². The van der Waals surface area contributed by atoms with Crippen molar-refractivity contribution >= 4 is 21.4 Å². The molecule has 21 heavy (non-hydrogen) atoms. The lowest BCUT2D eigenvalue weighted by Gasteiger charge is -2.19. The maximum absolute atomic E-state index is 12.6. The highest BCUT2D eigenvalue weighted by Crippen LogP contribution is 2.23. The SMILES string of the molecule is CCN(Cc1cccc(C)n1)S(=O)(=O)c1csc(CO)c1. The van der Waals surface area contributed by atoms with Crippen LogP contribution in [-0.2, 0) is 23.2 Å². The number of thiophene rings is 1. The van der Waals surface area contributed by atoms with Crippen LogP contribution in [0.2, 0.25) is 0 Å². The predicted molar refractivity (Wildman–Crippen MR) is 82.5 cm³/mol. The molecule has 0 spiro atoms. The Labute approximate surface area is 128 Å². The molecule has 0 aromatic carbocycles. The lowest BCUT2D eigenvalue weighted by Crippen LogP contribution is -2.30. The second kappa shape index (κ2) is 6.65. The van der Waals surface area contributed by atoms with E-state index in [4.69, 9.17) is 5.11 Å². The summed E-state index contributed by atoms with van der Waals surface area (Å²) in [4.78, 5) is 5.21. The molecule has 2 aromatic heterocycles. The van der Waals surface area contributed by atoms with Crippen molar-refractivity contribution in [2.24, 2.45) is 0 Å². The van der Waals surface area contributed by atoms with Crippen molar-refractivity contribution in [3.8, 4) is 0 Å². The fraction of sp³-hybridized carbons (Fsp3) is 0.357. The van der Waals surface area contributed by atoms with E-state index in [0.29, 0.717) is 11.4 Å². The predicted octanol–water partition coefficient (Wildman–Crippen LogP) is 2.15. The second-order valence-electron chi connectivity index (χ2n) is 4.61. The fourth-order valence-corrected chi connectivity index (χ4v) is 4.50. The quantitative estimate of drug-likeness (QED) is 0.883. The average molecular weight is 326 g/mol. The summed E-state index contributed by atoms with van der Waals surface area (Å²) < 4.78 is 26.6. The molecule has 5 nitrogen and oxygen atoms in total. The van der Waals surface area contributed by atoms with Crippen LogP contribution < -0.4 is 0 Å². The molecule has 114 valence electrons. The van der Waals surface area contributed by atoms with Crippen molar-refractivity contribution in [2.45, 2.75) is 31.9 Å². The third kappa shape index (κ3) is 3.68. The lowest BCUT2D eigenvalue weighted by atomic mass is 10.3. The van der Waals surface area contributed by atoms with Crippen LogP contribution in [0, 0.1) is 6.92 Å². The molecule has 0 fully saturated rings. The van der Waals surface area contributed by atoms with Crippen LogP contribution in [0.1, 0.15) is 23.2 Å². The third-order valence-corrected chi connectivity index (χ3v) is 6.03. The van der Waals surface area contributed by atoms with Crippen LogP contribution in [0.5, 0.6) is 0 Å². The van der Waals surface area contributed by atoms with Crippen molar-refractivity contribution in [3.05, 3.63) is 45.9 Å². The number of hydrogen-bond acceptors (Lipinski definition) is 5. The zero-order valence-corrected chi connectivity index (χ0v) is 13.6. The number of aliphatic hydroxyl groups excluding tert-OH is 1. The summed E-state index contributed by atoms with van der Waals surface area (Å²) in [5.41, 5.74) is 1.58. The van der Waals surface area contributed by atoms with Gasteiger partial charge in [0.05, 0.1) is 23.7 Å². The Balaban J connectivity index is 2.27. The van der Waals surface area contributed by atoms with Gasteiger partial charge >= 0.3 is 0 Å². The third-order valence-electron chi connectivity index (χ3n) is 3.06. The maximum Gasteiger partial charge on any atom is 0.244 e. The van der Waals surface area contributed by atoms with Gasteiger partial charge in [0.25, 0.3) is 0 Å². The minimum atomic E-state index is -3.56. The summed E-state index contributed by atoms with van der Waals surface area (Å²) in [5, 5.41) is 10.6. The molecule has 2 heterocycles. The number of pyridine rings is 1. The fourth-order valence-electron chi connectivity index (χ4n) is 1.96. The molecule has 0 unspecified atom stereocenters. The van der Waals surface area contributed by atoms with Crippen LogP contribution in [0.3, 0.4) is 0 Å². The summed E-state index contributed by atoms with van der Waals surface area (Å²) >= 11 is 1.24. The molecule has 0 aliphatic heterocycles. The van der Waals surface area contributed by atoms with Crippen molar-refractivity contribution in [3.63, 3.8) is 0 Å². The van der Waals surface area contributed by atoms with Gasteiger partial charge < -0.3 is 5.11 Å². The molecule has 0 atom stereocenters. The van der Waals surface area contributed by atoms with E-state index >= 15 is 0 Å². The van der Waals surface area contributed by atoms with Crippen LogP contribution in [0.15, 0.2) is 34.5 Å². The first-order valence-corrected chi connectivity index (χ1v) is 8.90. The van der Waals surface area contributed by atoms with E-state index in [0.717, 1.165) is 11.4 Å². The Morgan fingerprint density at radius 1 is 1.38 bits per heavy atom. The first-order chi connectivity index (χ1) is 9.97. The Kier molecular flexibility index (Phi) is 5.10. The average Bonchev–Trinajstić information content (AvgIpc) is 2.94. The Morgan fingerprint density at radius 2 is 2.14 bits per heavy atom. The normalized spacial score (nSPS) is 12.0. The van der Waals surface area contributed by atoms with E-state index < -0.39 is 10.0 Å². The monoisotopic (exact) mass is 326 g/mol.